The van der Waals surface area contributed by atoms with Crippen LogP contribution in [0.1, 0.15) is 51.5 Å². The molecule has 0 radical (unpaired) electrons. The van der Waals surface area contributed by atoms with Crippen molar-refractivity contribution < 1.29 is 0 Å². The molecule has 3 heterocycles. The summed E-state index contributed by atoms with van der Waals surface area (Å²) in [5, 5.41) is 0. The molecule has 0 saturated heterocycles. The van der Waals surface area contributed by atoms with Gasteiger partial charge in [-0.25, -0.2) is 0 Å². The van der Waals surface area contributed by atoms with Gasteiger partial charge >= 0.3 is 0 Å². The molecule has 6 aromatic rings. The Morgan fingerprint density at radius 3 is 1.55 bits per heavy atom. The van der Waals surface area contributed by atoms with E-state index in [0.29, 0.717) is 0 Å². The van der Waals surface area contributed by atoms with Gasteiger partial charge in [-0.2, -0.15) is 0 Å². The number of anilines is 8. The second-order valence-electron chi connectivity index (χ2n) is 14.8. The Balaban J connectivity index is 1.32. The molecule has 6 aromatic carbocycles. The highest BCUT2D eigenvalue weighted by Gasteiger charge is 2.57. The first-order chi connectivity index (χ1) is 24.1. The third-order valence-corrected chi connectivity index (χ3v) is 12.4. The van der Waals surface area contributed by atoms with Crippen molar-refractivity contribution in [1.82, 2.24) is 0 Å². The third kappa shape index (κ3) is 3.92. The van der Waals surface area contributed by atoms with Crippen LogP contribution in [0.3, 0.4) is 0 Å². The van der Waals surface area contributed by atoms with Gasteiger partial charge in [-0.1, -0.05) is 117 Å². The maximum Gasteiger partial charge on any atom is 0.252 e. The fourth-order valence-electron chi connectivity index (χ4n) is 10.0. The van der Waals surface area contributed by atoms with Crippen LogP contribution in [0.2, 0.25) is 0 Å². The van der Waals surface area contributed by atoms with Crippen molar-refractivity contribution in [3.63, 3.8) is 0 Å². The van der Waals surface area contributed by atoms with E-state index in [1.54, 1.807) is 0 Å². The van der Waals surface area contributed by atoms with Crippen LogP contribution in [0.15, 0.2) is 146 Å². The van der Waals surface area contributed by atoms with Gasteiger partial charge in [0.2, 0.25) is 0 Å². The van der Waals surface area contributed by atoms with Gasteiger partial charge in [-0.15, -0.1) is 0 Å². The van der Waals surface area contributed by atoms with Crippen LogP contribution in [-0.2, 0) is 5.41 Å². The third-order valence-electron chi connectivity index (χ3n) is 12.4. The van der Waals surface area contributed by atoms with E-state index in [9.17, 15) is 0 Å². The minimum absolute atomic E-state index is 0.0537. The lowest BCUT2D eigenvalue weighted by Gasteiger charge is -2.48. The molecule has 4 aliphatic rings. The number of para-hydroxylation sites is 5. The van der Waals surface area contributed by atoms with Crippen LogP contribution in [0, 0.1) is 0 Å². The number of hydrogen-bond donors (Lipinski definition) is 0. The maximum absolute atomic E-state index is 2.76. The monoisotopic (exact) mass is 633 g/mol. The van der Waals surface area contributed by atoms with Gasteiger partial charge in [-0.05, 0) is 96.3 Å². The second kappa shape index (κ2) is 10.6. The van der Waals surface area contributed by atoms with E-state index in [4.69, 9.17) is 0 Å². The van der Waals surface area contributed by atoms with Gasteiger partial charge in [0.25, 0.3) is 6.71 Å². The van der Waals surface area contributed by atoms with Crippen molar-refractivity contribution in [1.29, 1.82) is 0 Å². The summed E-state index contributed by atoms with van der Waals surface area (Å²) >= 11 is 0. The Hall–Kier alpha value is -5.22. The van der Waals surface area contributed by atoms with Crippen molar-refractivity contribution in [2.24, 2.45) is 0 Å². The molecule has 0 aromatic heterocycles. The lowest BCUT2D eigenvalue weighted by Crippen LogP contribution is -2.61. The van der Waals surface area contributed by atoms with Gasteiger partial charge in [0.05, 0.1) is 5.54 Å². The molecular weight excluding hydrogens is 593 g/mol. The highest BCUT2D eigenvalue weighted by atomic mass is 15.3. The summed E-state index contributed by atoms with van der Waals surface area (Å²) in [5.74, 6) is 0. The predicted molar refractivity (Wildman–Crippen MR) is 208 cm³/mol. The first-order valence-corrected chi connectivity index (χ1v) is 18.0. The summed E-state index contributed by atoms with van der Waals surface area (Å²) in [7, 11) is 0. The van der Waals surface area contributed by atoms with Crippen LogP contribution >= 0.6 is 0 Å². The van der Waals surface area contributed by atoms with E-state index in [2.05, 4.69) is 174 Å². The molecule has 0 spiro atoms. The number of rotatable bonds is 3. The summed E-state index contributed by atoms with van der Waals surface area (Å²) in [6, 6.07) is 54.4. The van der Waals surface area contributed by atoms with E-state index in [1.165, 1.54) is 99.6 Å². The first-order valence-electron chi connectivity index (χ1n) is 18.0. The smallest absolute Gasteiger partial charge is 0.252 e. The molecule has 4 heteroatoms. The molecule has 0 amide bonds. The molecule has 3 nitrogen and oxygen atoms in total. The van der Waals surface area contributed by atoms with Crippen molar-refractivity contribution in [2.45, 2.75) is 56.9 Å². The normalized spacial score (nSPS) is 21.7. The van der Waals surface area contributed by atoms with Crippen molar-refractivity contribution >= 4 is 68.6 Å². The topological polar surface area (TPSA) is 9.72 Å². The van der Waals surface area contributed by atoms with Crippen LogP contribution in [0.25, 0.3) is 0 Å². The fraction of sp³-hybridized carbons (Fsp3) is 0.200. The molecule has 10 rings (SSSR count). The SMILES string of the molecule is CC12CCCCCC1(C)N(c1cc3c4c(c1)N(c1ccccc1)c1ccccc1B4c1ccccc1N3c1ccccc1)c1ccccc12. The van der Waals surface area contributed by atoms with E-state index in [-0.39, 0.29) is 17.7 Å². The van der Waals surface area contributed by atoms with Gasteiger partial charge in [0.1, 0.15) is 0 Å². The molecule has 3 aliphatic heterocycles. The zero-order chi connectivity index (χ0) is 32.7. The standard InChI is InChI=1S/C45H40BN3/c1-44-28-16-5-17-29-45(44,2)49(38-25-13-10-22-35(38)44)34-30-41-43-42(31-34)48(33-20-8-4-9-21-33)40-27-15-12-24-37(40)46(43)36-23-11-14-26-39(36)47(41)32-18-6-3-7-19-32/h3-4,6-15,18-27,30-31H,5,16-17,28-29H2,1-2H3. The Bertz CT molecular complexity index is 2120. The van der Waals surface area contributed by atoms with Gasteiger partial charge in [0, 0.05) is 50.9 Å². The minimum atomic E-state index is -0.0537. The van der Waals surface area contributed by atoms with Gasteiger partial charge < -0.3 is 14.7 Å². The lowest BCUT2D eigenvalue weighted by atomic mass is 9.33. The molecule has 0 N–H and O–H groups in total. The Morgan fingerprint density at radius 2 is 0.959 bits per heavy atom. The van der Waals surface area contributed by atoms with E-state index in [0.717, 1.165) is 0 Å². The largest absolute Gasteiger partial charge is 0.334 e. The molecule has 49 heavy (non-hydrogen) atoms. The van der Waals surface area contributed by atoms with Crippen LogP contribution < -0.4 is 31.1 Å². The molecule has 2 unspecified atom stereocenters. The Labute approximate surface area is 290 Å². The molecule has 1 aliphatic carbocycles. The molecule has 2 atom stereocenters. The van der Waals surface area contributed by atoms with Gasteiger partial charge in [-0.3, -0.25) is 0 Å². The second-order valence-corrected chi connectivity index (χ2v) is 14.8. The first kappa shape index (κ1) is 28.8. The Kier molecular flexibility index (Phi) is 6.25. The zero-order valence-electron chi connectivity index (χ0n) is 28.3. The zero-order valence-corrected chi connectivity index (χ0v) is 28.3. The van der Waals surface area contributed by atoms with Crippen molar-refractivity contribution in [2.75, 3.05) is 14.7 Å². The summed E-state index contributed by atoms with van der Waals surface area (Å²) < 4.78 is 0. The minimum Gasteiger partial charge on any atom is -0.334 e. The summed E-state index contributed by atoms with van der Waals surface area (Å²) in [6.45, 7) is 5.23. The van der Waals surface area contributed by atoms with Gasteiger partial charge in [0.15, 0.2) is 0 Å². The number of hydrogen-bond acceptors (Lipinski definition) is 3. The van der Waals surface area contributed by atoms with Crippen LogP contribution in [0.5, 0.6) is 0 Å². The van der Waals surface area contributed by atoms with E-state index in [1.807, 2.05) is 0 Å². The van der Waals surface area contributed by atoms with E-state index >= 15 is 0 Å². The summed E-state index contributed by atoms with van der Waals surface area (Å²) in [5.41, 5.74) is 15.6. The van der Waals surface area contributed by atoms with Crippen LogP contribution in [-0.4, -0.2) is 12.3 Å². The van der Waals surface area contributed by atoms with Crippen molar-refractivity contribution in [3.05, 3.63) is 151 Å². The highest BCUT2D eigenvalue weighted by Crippen LogP contribution is 2.60. The average Bonchev–Trinajstić information content (AvgIpc) is 3.22. The molecule has 1 fully saturated rings. The van der Waals surface area contributed by atoms with Crippen LogP contribution in [0.4, 0.5) is 45.5 Å². The lowest BCUT2D eigenvalue weighted by molar-refractivity contribution is 0.261. The highest BCUT2D eigenvalue weighted by molar-refractivity contribution is 7.00. The average molecular weight is 634 g/mol. The quantitative estimate of drug-likeness (QED) is 0.179. The Morgan fingerprint density at radius 1 is 0.469 bits per heavy atom. The number of fused-ring (bicyclic) bond motifs is 7. The molecule has 238 valence electrons. The summed E-state index contributed by atoms with van der Waals surface area (Å²) in [6.07, 6.45) is 6.22. The maximum atomic E-state index is 2.76. The number of nitrogens with zero attached hydrogens (tertiary/aromatic N) is 3. The molecule has 1 saturated carbocycles. The van der Waals surface area contributed by atoms with E-state index < -0.39 is 0 Å². The molecular formula is C45H40BN3. The summed E-state index contributed by atoms with van der Waals surface area (Å²) in [4.78, 5) is 7.82. The fourth-order valence-corrected chi connectivity index (χ4v) is 10.0. The predicted octanol–water partition coefficient (Wildman–Crippen LogP) is 9.90. The molecule has 0 bridgehead atoms. The van der Waals surface area contributed by atoms with Crippen molar-refractivity contribution in [3.8, 4) is 0 Å². The number of benzene rings is 6.